The van der Waals surface area contributed by atoms with Gasteiger partial charge >= 0.3 is 0 Å². The Morgan fingerprint density at radius 1 is 1.22 bits per heavy atom. The van der Waals surface area contributed by atoms with E-state index in [1.807, 2.05) is 20.8 Å². The second-order valence-corrected chi connectivity index (χ2v) is 6.07. The van der Waals surface area contributed by atoms with Crippen LogP contribution >= 0.6 is 0 Å². The smallest absolute Gasteiger partial charge is 0.239 e. The summed E-state index contributed by atoms with van der Waals surface area (Å²) in [6.07, 6.45) is 3.86. The van der Waals surface area contributed by atoms with Gasteiger partial charge in [0, 0.05) is 11.6 Å². The summed E-state index contributed by atoms with van der Waals surface area (Å²) in [5, 5.41) is 5.48. The summed E-state index contributed by atoms with van der Waals surface area (Å²) in [6, 6.07) is -0.0653. The minimum atomic E-state index is -0.275. The Kier molecular flexibility index (Phi) is 5.14. The second kappa shape index (κ2) is 6.18. The lowest BCUT2D eigenvalue weighted by Crippen LogP contribution is -2.49. The molecule has 5 heteroatoms. The summed E-state index contributed by atoms with van der Waals surface area (Å²) in [7, 11) is 0. The predicted octanol–water partition coefficient (Wildman–Crippen LogP) is 0.535. The number of amides is 2. The molecule has 0 aromatic carbocycles. The fourth-order valence-corrected chi connectivity index (χ4v) is 2.25. The van der Waals surface area contributed by atoms with Gasteiger partial charge in [-0.1, -0.05) is 12.8 Å². The molecule has 1 aliphatic rings. The third kappa shape index (κ3) is 5.04. The Balaban J connectivity index is 2.34. The summed E-state index contributed by atoms with van der Waals surface area (Å²) in [6.45, 7) is 5.75. The molecule has 0 aromatic heterocycles. The molecule has 0 radical (unpaired) electrons. The quantitative estimate of drug-likeness (QED) is 0.688. The number of hydrogen-bond acceptors (Lipinski definition) is 3. The number of nitrogens with one attached hydrogen (secondary N) is 2. The van der Waals surface area contributed by atoms with Crippen LogP contribution < -0.4 is 16.4 Å². The highest BCUT2D eigenvalue weighted by atomic mass is 16.2. The average molecular weight is 255 g/mol. The van der Waals surface area contributed by atoms with Crippen LogP contribution in [-0.2, 0) is 9.59 Å². The summed E-state index contributed by atoms with van der Waals surface area (Å²) in [4.78, 5) is 23.5. The van der Waals surface area contributed by atoms with Crippen LogP contribution in [0.2, 0.25) is 0 Å². The zero-order valence-corrected chi connectivity index (χ0v) is 11.6. The van der Waals surface area contributed by atoms with E-state index in [1.165, 1.54) is 0 Å². The molecule has 104 valence electrons. The molecule has 18 heavy (non-hydrogen) atoms. The van der Waals surface area contributed by atoms with Gasteiger partial charge in [-0.3, -0.25) is 9.59 Å². The number of carbonyl (C=O) groups excluding carboxylic acids is 2. The summed E-state index contributed by atoms with van der Waals surface area (Å²) in [5.41, 5.74) is 5.65. The molecular weight excluding hydrogens is 230 g/mol. The number of nitrogens with two attached hydrogens (primary N) is 1. The van der Waals surface area contributed by atoms with Crippen molar-refractivity contribution in [3.8, 4) is 0 Å². The Labute approximate surface area is 109 Å². The van der Waals surface area contributed by atoms with Gasteiger partial charge in [0.05, 0.1) is 12.5 Å². The molecule has 4 N–H and O–H groups in total. The van der Waals surface area contributed by atoms with Crippen LogP contribution in [-0.4, -0.2) is 29.9 Å². The zero-order chi connectivity index (χ0) is 13.8. The van der Waals surface area contributed by atoms with Crippen molar-refractivity contribution >= 4 is 11.8 Å². The van der Waals surface area contributed by atoms with Crippen molar-refractivity contribution in [2.24, 2.45) is 11.7 Å². The molecule has 2 unspecified atom stereocenters. The Bertz CT molecular complexity index is 310. The monoisotopic (exact) mass is 255 g/mol. The van der Waals surface area contributed by atoms with E-state index in [9.17, 15) is 9.59 Å². The van der Waals surface area contributed by atoms with Crippen molar-refractivity contribution in [2.75, 3.05) is 6.54 Å². The molecule has 0 saturated heterocycles. The van der Waals surface area contributed by atoms with Gasteiger partial charge in [0.2, 0.25) is 11.8 Å². The van der Waals surface area contributed by atoms with Gasteiger partial charge in [-0.15, -0.1) is 0 Å². The zero-order valence-electron chi connectivity index (χ0n) is 11.6. The van der Waals surface area contributed by atoms with Crippen LogP contribution in [0.4, 0.5) is 0 Å². The van der Waals surface area contributed by atoms with Crippen molar-refractivity contribution in [1.82, 2.24) is 10.6 Å². The van der Waals surface area contributed by atoms with Crippen molar-refractivity contribution in [3.63, 3.8) is 0 Å². The number of hydrogen-bond donors (Lipinski definition) is 3. The fourth-order valence-electron chi connectivity index (χ4n) is 2.25. The van der Waals surface area contributed by atoms with Gasteiger partial charge in [0.1, 0.15) is 0 Å². The van der Waals surface area contributed by atoms with Crippen LogP contribution in [0, 0.1) is 5.92 Å². The first kappa shape index (κ1) is 15.0. The van der Waals surface area contributed by atoms with Crippen molar-refractivity contribution < 1.29 is 9.59 Å². The summed E-state index contributed by atoms with van der Waals surface area (Å²) >= 11 is 0. The third-order valence-corrected chi connectivity index (χ3v) is 3.09. The number of rotatable bonds is 3. The topological polar surface area (TPSA) is 84.2 Å². The third-order valence-electron chi connectivity index (χ3n) is 3.09. The maximum atomic E-state index is 11.9. The molecule has 5 nitrogen and oxygen atoms in total. The van der Waals surface area contributed by atoms with Crippen LogP contribution in [0.3, 0.4) is 0 Å². The molecular formula is C13H25N3O2. The van der Waals surface area contributed by atoms with E-state index in [0.29, 0.717) is 0 Å². The van der Waals surface area contributed by atoms with E-state index in [2.05, 4.69) is 10.6 Å². The normalized spacial score (nSPS) is 24.4. The van der Waals surface area contributed by atoms with Gasteiger partial charge < -0.3 is 16.4 Å². The van der Waals surface area contributed by atoms with Gasteiger partial charge in [-0.05, 0) is 33.6 Å². The highest BCUT2D eigenvalue weighted by Gasteiger charge is 2.28. The molecule has 0 aromatic rings. The van der Waals surface area contributed by atoms with Gasteiger partial charge in [0.15, 0.2) is 0 Å². The van der Waals surface area contributed by atoms with E-state index in [4.69, 9.17) is 5.73 Å². The summed E-state index contributed by atoms with van der Waals surface area (Å²) < 4.78 is 0. The molecule has 0 bridgehead atoms. The molecule has 2 atom stereocenters. The standard InChI is InChI=1S/C13H25N3O2/c1-13(2,3)16-11(17)8-15-12(18)9-6-4-5-7-10(9)14/h9-10H,4-8,14H2,1-3H3,(H,15,18)(H,16,17). The molecule has 1 rings (SSSR count). The van der Waals surface area contributed by atoms with Gasteiger partial charge in [-0.2, -0.15) is 0 Å². The first-order valence-corrected chi connectivity index (χ1v) is 6.64. The lowest BCUT2D eigenvalue weighted by molar-refractivity contribution is -0.130. The molecule has 0 spiro atoms. The van der Waals surface area contributed by atoms with E-state index in [0.717, 1.165) is 25.7 Å². The van der Waals surface area contributed by atoms with Crippen molar-refractivity contribution in [3.05, 3.63) is 0 Å². The first-order chi connectivity index (χ1) is 8.29. The number of carbonyl (C=O) groups is 2. The average Bonchev–Trinajstić information content (AvgIpc) is 2.24. The lowest BCUT2D eigenvalue weighted by Gasteiger charge is -2.27. The van der Waals surface area contributed by atoms with E-state index in [1.54, 1.807) is 0 Å². The highest BCUT2D eigenvalue weighted by molar-refractivity contribution is 5.86. The Hall–Kier alpha value is -1.10. The second-order valence-electron chi connectivity index (χ2n) is 6.07. The van der Waals surface area contributed by atoms with Crippen molar-refractivity contribution in [2.45, 2.75) is 58.0 Å². The maximum absolute atomic E-state index is 11.9. The maximum Gasteiger partial charge on any atom is 0.239 e. The Morgan fingerprint density at radius 3 is 2.39 bits per heavy atom. The van der Waals surface area contributed by atoms with E-state index >= 15 is 0 Å². The van der Waals surface area contributed by atoms with Gasteiger partial charge in [-0.25, -0.2) is 0 Å². The molecule has 0 heterocycles. The van der Waals surface area contributed by atoms with E-state index in [-0.39, 0.29) is 35.9 Å². The molecule has 0 aliphatic heterocycles. The summed E-state index contributed by atoms with van der Waals surface area (Å²) in [5.74, 6) is -0.396. The largest absolute Gasteiger partial charge is 0.350 e. The Morgan fingerprint density at radius 2 is 1.83 bits per heavy atom. The molecule has 1 aliphatic carbocycles. The van der Waals surface area contributed by atoms with Gasteiger partial charge in [0.25, 0.3) is 0 Å². The van der Waals surface area contributed by atoms with Crippen LogP contribution in [0.1, 0.15) is 46.5 Å². The minimum absolute atomic E-state index is 0.0271. The van der Waals surface area contributed by atoms with Crippen LogP contribution in [0.5, 0.6) is 0 Å². The highest BCUT2D eigenvalue weighted by Crippen LogP contribution is 2.22. The van der Waals surface area contributed by atoms with Crippen LogP contribution in [0.15, 0.2) is 0 Å². The minimum Gasteiger partial charge on any atom is -0.350 e. The van der Waals surface area contributed by atoms with E-state index < -0.39 is 0 Å². The lowest BCUT2D eigenvalue weighted by atomic mass is 9.84. The SMILES string of the molecule is CC(C)(C)NC(=O)CNC(=O)C1CCCCC1N. The fraction of sp³-hybridized carbons (Fsp3) is 0.846. The first-order valence-electron chi connectivity index (χ1n) is 6.64. The van der Waals surface area contributed by atoms with Crippen LogP contribution in [0.25, 0.3) is 0 Å². The molecule has 1 fully saturated rings. The molecule has 2 amide bonds. The van der Waals surface area contributed by atoms with Crippen molar-refractivity contribution in [1.29, 1.82) is 0 Å². The molecule has 1 saturated carbocycles. The predicted molar refractivity (Wildman–Crippen MR) is 70.8 cm³/mol.